The highest BCUT2D eigenvalue weighted by Gasteiger charge is 2.26. The Morgan fingerprint density at radius 2 is 1.54 bits per heavy atom. The van der Waals surface area contributed by atoms with Gasteiger partial charge in [0.1, 0.15) is 11.8 Å². The zero-order chi connectivity index (χ0) is 18.3. The number of rotatable bonds is 7. The second-order valence-electron chi connectivity index (χ2n) is 6.32. The van der Waals surface area contributed by atoms with Gasteiger partial charge in [0.05, 0.1) is 19.3 Å². The Morgan fingerprint density at radius 3 is 2.00 bits per heavy atom. The van der Waals surface area contributed by atoms with E-state index in [0.717, 1.165) is 11.3 Å². The first-order valence-electron chi connectivity index (χ1n) is 8.16. The van der Waals surface area contributed by atoms with Crippen LogP contribution in [0.5, 0.6) is 5.75 Å². The molecular weight excluding hydrogens is 308 g/mol. The summed E-state index contributed by atoms with van der Waals surface area (Å²) in [5, 5.41) is 5.55. The highest BCUT2D eigenvalue weighted by Crippen LogP contribution is 2.17. The van der Waals surface area contributed by atoms with E-state index < -0.39 is 12.1 Å². The first-order valence-corrected chi connectivity index (χ1v) is 8.16. The van der Waals surface area contributed by atoms with Gasteiger partial charge in [-0.05, 0) is 44.4 Å². The minimum absolute atomic E-state index is 0.0622. The number of ether oxygens (including phenoxy) is 2. The van der Waals surface area contributed by atoms with E-state index in [0.29, 0.717) is 0 Å². The second kappa shape index (κ2) is 9.15. The number of carbonyl (C=O) groups excluding carboxylic acids is 2. The van der Waals surface area contributed by atoms with Crippen LogP contribution in [0, 0.1) is 5.92 Å². The highest BCUT2D eigenvalue weighted by atomic mass is 16.6. The van der Waals surface area contributed by atoms with E-state index in [-0.39, 0.29) is 24.0 Å². The molecule has 134 valence electrons. The summed E-state index contributed by atoms with van der Waals surface area (Å²) in [6.07, 6.45) is -0.824. The number of methoxy groups -OCH3 is 1. The number of carbonyl (C=O) groups is 2. The molecule has 0 aliphatic carbocycles. The molecule has 0 aromatic heterocycles. The molecule has 0 bridgehead atoms. The fraction of sp³-hybridized carbons (Fsp3) is 0.556. The lowest BCUT2D eigenvalue weighted by molar-refractivity contribution is -0.124. The van der Waals surface area contributed by atoms with Gasteiger partial charge in [0.2, 0.25) is 5.91 Å². The Hall–Kier alpha value is -2.24. The third kappa shape index (κ3) is 6.10. The van der Waals surface area contributed by atoms with E-state index in [1.54, 1.807) is 21.0 Å². The summed E-state index contributed by atoms with van der Waals surface area (Å²) in [6, 6.07) is 6.64. The fourth-order valence-corrected chi connectivity index (χ4v) is 2.19. The van der Waals surface area contributed by atoms with Gasteiger partial charge in [-0.1, -0.05) is 26.0 Å². The smallest absolute Gasteiger partial charge is 0.408 e. The second-order valence-corrected chi connectivity index (χ2v) is 6.32. The lowest BCUT2D eigenvalue weighted by Gasteiger charge is -2.24. The third-order valence-electron chi connectivity index (χ3n) is 3.54. The van der Waals surface area contributed by atoms with Gasteiger partial charge >= 0.3 is 6.09 Å². The van der Waals surface area contributed by atoms with Crippen LogP contribution in [0.3, 0.4) is 0 Å². The van der Waals surface area contributed by atoms with E-state index >= 15 is 0 Å². The Bertz CT molecular complexity index is 540. The molecule has 0 aliphatic rings. The maximum absolute atomic E-state index is 12.5. The fourth-order valence-electron chi connectivity index (χ4n) is 2.19. The highest BCUT2D eigenvalue weighted by molar-refractivity contribution is 5.86. The van der Waals surface area contributed by atoms with Crippen molar-refractivity contribution >= 4 is 12.0 Å². The topological polar surface area (TPSA) is 76.7 Å². The molecule has 0 saturated heterocycles. The molecule has 2 unspecified atom stereocenters. The first-order chi connectivity index (χ1) is 11.2. The zero-order valence-corrected chi connectivity index (χ0v) is 15.3. The van der Waals surface area contributed by atoms with E-state index in [1.165, 1.54) is 0 Å². The van der Waals surface area contributed by atoms with Crippen LogP contribution in [-0.4, -0.2) is 31.3 Å². The van der Waals surface area contributed by atoms with Gasteiger partial charge in [-0.2, -0.15) is 0 Å². The normalized spacial score (nSPS) is 13.3. The number of hydrogen-bond acceptors (Lipinski definition) is 4. The monoisotopic (exact) mass is 336 g/mol. The van der Waals surface area contributed by atoms with Crippen molar-refractivity contribution in [2.45, 2.75) is 52.8 Å². The Balaban J connectivity index is 2.71. The number of benzene rings is 1. The molecule has 1 rings (SSSR count). The molecule has 0 heterocycles. The number of alkyl carbamates (subject to hydrolysis) is 1. The van der Waals surface area contributed by atoms with E-state index in [1.807, 2.05) is 45.0 Å². The van der Waals surface area contributed by atoms with Crippen molar-refractivity contribution < 1.29 is 19.1 Å². The summed E-state index contributed by atoms with van der Waals surface area (Å²) >= 11 is 0. The molecule has 0 aliphatic heterocycles. The van der Waals surface area contributed by atoms with Crippen molar-refractivity contribution in [2.24, 2.45) is 5.92 Å². The summed E-state index contributed by atoms with van der Waals surface area (Å²) in [4.78, 5) is 24.3. The molecule has 6 nitrogen and oxygen atoms in total. The zero-order valence-electron chi connectivity index (χ0n) is 15.3. The first kappa shape index (κ1) is 19.8. The lowest BCUT2D eigenvalue weighted by atomic mass is 10.0. The summed E-state index contributed by atoms with van der Waals surface area (Å²) < 4.78 is 10.2. The Morgan fingerprint density at radius 1 is 0.958 bits per heavy atom. The molecule has 2 N–H and O–H groups in total. The minimum atomic E-state index is -0.656. The standard InChI is InChI=1S/C18H28N2O4/c1-11(2)16(20-18(22)24-12(3)4)17(21)19-13(5)14-7-9-15(23-6)10-8-14/h7-13,16H,1-6H3,(H,19,21)(H,20,22). The van der Waals surface area contributed by atoms with Crippen LogP contribution in [0.1, 0.15) is 46.2 Å². The molecule has 0 spiro atoms. The predicted molar refractivity (Wildman–Crippen MR) is 92.9 cm³/mol. The molecule has 0 saturated carbocycles. The third-order valence-corrected chi connectivity index (χ3v) is 3.54. The maximum atomic E-state index is 12.5. The molecule has 24 heavy (non-hydrogen) atoms. The van der Waals surface area contributed by atoms with Crippen LogP contribution >= 0.6 is 0 Å². The van der Waals surface area contributed by atoms with Crippen molar-refractivity contribution in [1.29, 1.82) is 0 Å². The van der Waals surface area contributed by atoms with Crippen molar-refractivity contribution in [1.82, 2.24) is 10.6 Å². The molecule has 6 heteroatoms. The van der Waals surface area contributed by atoms with Crippen molar-refractivity contribution in [3.05, 3.63) is 29.8 Å². The molecular formula is C18H28N2O4. The average molecular weight is 336 g/mol. The summed E-state index contributed by atoms with van der Waals surface area (Å²) in [5.41, 5.74) is 0.955. The van der Waals surface area contributed by atoms with Crippen LogP contribution in [0.2, 0.25) is 0 Å². The van der Waals surface area contributed by atoms with Crippen molar-refractivity contribution in [3.8, 4) is 5.75 Å². The van der Waals surface area contributed by atoms with Crippen LogP contribution in [0.15, 0.2) is 24.3 Å². The molecule has 2 atom stereocenters. The van der Waals surface area contributed by atoms with Gasteiger partial charge in [-0.15, -0.1) is 0 Å². The summed E-state index contributed by atoms with van der Waals surface area (Å²) in [6.45, 7) is 9.16. The summed E-state index contributed by atoms with van der Waals surface area (Å²) in [5.74, 6) is 0.456. The SMILES string of the molecule is COc1ccc(C(C)NC(=O)C(NC(=O)OC(C)C)C(C)C)cc1. The summed E-state index contributed by atoms with van der Waals surface area (Å²) in [7, 11) is 1.61. The van der Waals surface area contributed by atoms with Gasteiger partial charge < -0.3 is 20.1 Å². The van der Waals surface area contributed by atoms with Gasteiger partial charge in [0.15, 0.2) is 0 Å². The Labute approximate surface area is 143 Å². The van der Waals surface area contributed by atoms with E-state index in [4.69, 9.17) is 9.47 Å². The van der Waals surface area contributed by atoms with Crippen LogP contribution in [0.4, 0.5) is 4.79 Å². The average Bonchev–Trinajstić information content (AvgIpc) is 2.51. The van der Waals surface area contributed by atoms with E-state index in [9.17, 15) is 9.59 Å². The van der Waals surface area contributed by atoms with Crippen molar-refractivity contribution in [3.63, 3.8) is 0 Å². The molecule has 1 aromatic carbocycles. The minimum Gasteiger partial charge on any atom is -0.497 e. The lowest BCUT2D eigenvalue weighted by Crippen LogP contribution is -2.50. The quantitative estimate of drug-likeness (QED) is 0.802. The number of amides is 2. The van der Waals surface area contributed by atoms with Crippen LogP contribution < -0.4 is 15.4 Å². The molecule has 0 radical (unpaired) electrons. The number of nitrogens with one attached hydrogen (secondary N) is 2. The van der Waals surface area contributed by atoms with Crippen molar-refractivity contribution in [2.75, 3.05) is 7.11 Å². The molecule has 1 aromatic rings. The van der Waals surface area contributed by atoms with Gasteiger partial charge in [-0.25, -0.2) is 4.79 Å². The predicted octanol–water partition coefficient (Wildman–Crippen LogP) is 3.03. The number of hydrogen-bond donors (Lipinski definition) is 2. The largest absolute Gasteiger partial charge is 0.497 e. The van der Waals surface area contributed by atoms with Crippen LogP contribution in [0.25, 0.3) is 0 Å². The molecule has 2 amide bonds. The van der Waals surface area contributed by atoms with Gasteiger partial charge in [0.25, 0.3) is 0 Å². The van der Waals surface area contributed by atoms with Gasteiger partial charge in [-0.3, -0.25) is 4.79 Å². The van der Waals surface area contributed by atoms with Crippen LogP contribution in [-0.2, 0) is 9.53 Å². The Kier molecular flexibility index (Phi) is 7.55. The van der Waals surface area contributed by atoms with Gasteiger partial charge in [0, 0.05) is 0 Å². The van der Waals surface area contributed by atoms with E-state index in [2.05, 4.69) is 10.6 Å². The molecule has 0 fully saturated rings. The maximum Gasteiger partial charge on any atom is 0.408 e.